The van der Waals surface area contributed by atoms with E-state index in [0.717, 1.165) is 11.3 Å². The van der Waals surface area contributed by atoms with E-state index in [1.165, 1.54) is 0 Å². The van der Waals surface area contributed by atoms with E-state index in [1.54, 1.807) is 4.90 Å². The number of hydrogen-bond donors (Lipinski definition) is 2. The lowest BCUT2D eigenvalue weighted by Crippen LogP contribution is -2.50. The minimum Gasteiger partial charge on any atom is -0.444 e. The summed E-state index contributed by atoms with van der Waals surface area (Å²) in [6.07, 6.45) is 0.709. The number of ether oxygens (including phenoxy) is 1. The molecule has 0 aromatic heterocycles. The molecule has 0 bridgehead atoms. The lowest BCUT2D eigenvalue weighted by Gasteiger charge is -2.38. The van der Waals surface area contributed by atoms with Crippen LogP contribution in [0.1, 0.15) is 39.2 Å². The van der Waals surface area contributed by atoms with Crippen molar-refractivity contribution < 1.29 is 14.6 Å². The van der Waals surface area contributed by atoms with Gasteiger partial charge < -0.3 is 20.1 Å². The summed E-state index contributed by atoms with van der Waals surface area (Å²) in [6, 6.07) is 5.75. The zero-order chi connectivity index (χ0) is 18.0. The number of carbonyl (C=O) groups excluding carboxylic acids is 1. The Bertz CT molecular complexity index is 590. The molecule has 0 saturated carbocycles. The highest BCUT2D eigenvalue weighted by molar-refractivity contribution is 6.31. The number of likely N-dealkylation sites (tertiary alicyclic amines) is 1. The van der Waals surface area contributed by atoms with E-state index in [9.17, 15) is 9.90 Å². The maximum absolute atomic E-state index is 12.1. The number of aryl methyl sites for hydroxylation is 1. The van der Waals surface area contributed by atoms with Gasteiger partial charge in [-0.1, -0.05) is 17.7 Å². The molecule has 134 valence electrons. The van der Waals surface area contributed by atoms with Gasteiger partial charge in [0, 0.05) is 30.3 Å². The molecule has 1 aromatic carbocycles. The average molecular weight is 355 g/mol. The van der Waals surface area contributed by atoms with Gasteiger partial charge >= 0.3 is 6.09 Å². The van der Waals surface area contributed by atoms with Crippen molar-refractivity contribution in [1.82, 2.24) is 4.90 Å². The fourth-order valence-corrected chi connectivity index (χ4v) is 2.76. The van der Waals surface area contributed by atoms with Crippen LogP contribution in [0.2, 0.25) is 5.02 Å². The number of carbonyl (C=O) groups is 1. The summed E-state index contributed by atoms with van der Waals surface area (Å²) in [5.74, 6) is 0. The quantitative estimate of drug-likeness (QED) is 0.866. The summed E-state index contributed by atoms with van der Waals surface area (Å²) < 4.78 is 5.37. The van der Waals surface area contributed by atoms with Crippen LogP contribution in [0.5, 0.6) is 0 Å². The van der Waals surface area contributed by atoms with Gasteiger partial charge in [0.05, 0.1) is 5.60 Å². The van der Waals surface area contributed by atoms with Crippen LogP contribution in [0, 0.1) is 6.92 Å². The Morgan fingerprint density at radius 2 is 2.00 bits per heavy atom. The second kappa shape index (κ2) is 7.19. The molecule has 0 radical (unpaired) electrons. The summed E-state index contributed by atoms with van der Waals surface area (Å²) in [5, 5.41) is 14.7. The third kappa shape index (κ3) is 5.28. The molecular weight excluding hydrogens is 328 g/mol. The van der Waals surface area contributed by atoms with Crippen LogP contribution in [0.25, 0.3) is 0 Å². The van der Waals surface area contributed by atoms with Crippen molar-refractivity contribution in [3.63, 3.8) is 0 Å². The summed E-state index contributed by atoms with van der Waals surface area (Å²) in [6.45, 7) is 8.90. The first-order valence-corrected chi connectivity index (χ1v) is 8.66. The molecule has 0 atom stereocenters. The van der Waals surface area contributed by atoms with Crippen molar-refractivity contribution in [3.05, 3.63) is 28.8 Å². The minimum absolute atomic E-state index is 0.317. The fourth-order valence-electron chi connectivity index (χ4n) is 2.58. The molecule has 1 aliphatic heterocycles. The Balaban J connectivity index is 1.85. The minimum atomic E-state index is -0.837. The van der Waals surface area contributed by atoms with Gasteiger partial charge in [-0.05, 0) is 58.2 Å². The van der Waals surface area contributed by atoms with Crippen LogP contribution in [-0.2, 0) is 4.74 Å². The predicted octanol–water partition coefficient (Wildman–Crippen LogP) is 3.82. The predicted molar refractivity (Wildman–Crippen MR) is 96.7 cm³/mol. The highest BCUT2D eigenvalue weighted by Gasteiger charge is 2.35. The zero-order valence-electron chi connectivity index (χ0n) is 14.9. The summed E-state index contributed by atoms with van der Waals surface area (Å²) in [5.41, 5.74) is 0.563. The number of piperidine rings is 1. The van der Waals surface area contributed by atoms with E-state index in [-0.39, 0.29) is 6.09 Å². The number of nitrogens with one attached hydrogen (secondary N) is 1. The number of rotatable bonds is 3. The smallest absolute Gasteiger partial charge is 0.410 e. The second-order valence-corrected chi connectivity index (χ2v) is 7.92. The van der Waals surface area contributed by atoms with Crippen LogP contribution in [0.15, 0.2) is 18.2 Å². The third-order valence-corrected chi connectivity index (χ3v) is 4.55. The van der Waals surface area contributed by atoms with Crippen LogP contribution < -0.4 is 5.32 Å². The van der Waals surface area contributed by atoms with Gasteiger partial charge in [0.15, 0.2) is 0 Å². The monoisotopic (exact) mass is 354 g/mol. The van der Waals surface area contributed by atoms with Crippen LogP contribution in [0.3, 0.4) is 0 Å². The van der Waals surface area contributed by atoms with Crippen molar-refractivity contribution in [2.24, 2.45) is 0 Å². The number of anilines is 1. The summed E-state index contributed by atoms with van der Waals surface area (Å²) in [7, 11) is 0. The number of amides is 1. The van der Waals surface area contributed by atoms with E-state index >= 15 is 0 Å². The Kier molecular flexibility index (Phi) is 5.66. The molecule has 1 saturated heterocycles. The molecule has 5 nitrogen and oxygen atoms in total. The van der Waals surface area contributed by atoms with Crippen LogP contribution >= 0.6 is 11.6 Å². The largest absolute Gasteiger partial charge is 0.444 e. The first kappa shape index (κ1) is 18.9. The molecule has 1 amide bonds. The fraction of sp³-hybridized carbons (Fsp3) is 0.611. The Morgan fingerprint density at radius 3 is 2.54 bits per heavy atom. The first-order chi connectivity index (χ1) is 11.1. The lowest BCUT2D eigenvalue weighted by molar-refractivity contribution is -0.0244. The van der Waals surface area contributed by atoms with E-state index < -0.39 is 11.2 Å². The van der Waals surface area contributed by atoms with Gasteiger partial charge in [-0.2, -0.15) is 0 Å². The van der Waals surface area contributed by atoms with Gasteiger partial charge in [0.2, 0.25) is 0 Å². The highest BCUT2D eigenvalue weighted by Crippen LogP contribution is 2.25. The standard InChI is InChI=1S/C18H27ClN2O3/c1-13-5-6-14(11-15(13)19)20-12-18(23)7-9-21(10-8-18)16(22)24-17(2,3)4/h5-6,11,20,23H,7-10,12H2,1-4H3. The van der Waals surface area contributed by atoms with Crippen molar-refractivity contribution in [3.8, 4) is 0 Å². The number of nitrogens with zero attached hydrogens (tertiary/aromatic N) is 1. The van der Waals surface area contributed by atoms with Gasteiger partial charge in [-0.25, -0.2) is 4.79 Å². The third-order valence-electron chi connectivity index (χ3n) is 4.14. The van der Waals surface area contributed by atoms with Crippen LogP contribution in [-0.4, -0.2) is 46.9 Å². The molecule has 1 fully saturated rings. The van der Waals surface area contributed by atoms with Crippen molar-refractivity contribution in [2.45, 2.75) is 51.7 Å². The number of halogens is 1. The Labute approximate surface area is 148 Å². The highest BCUT2D eigenvalue weighted by atomic mass is 35.5. The molecule has 6 heteroatoms. The van der Waals surface area contributed by atoms with Crippen LogP contribution in [0.4, 0.5) is 10.5 Å². The Morgan fingerprint density at radius 1 is 1.38 bits per heavy atom. The molecule has 24 heavy (non-hydrogen) atoms. The van der Waals surface area contributed by atoms with E-state index in [2.05, 4.69) is 5.32 Å². The molecular formula is C18H27ClN2O3. The van der Waals surface area contributed by atoms with E-state index in [0.29, 0.717) is 37.5 Å². The molecule has 1 heterocycles. The summed E-state index contributed by atoms with van der Waals surface area (Å²) >= 11 is 6.12. The number of hydrogen-bond acceptors (Lipinski definition) is 4. The first-order valence-electron chi connectivity index (χ1n) is 8.28. The van der Waals surface area contributed by atoms with Gasteiger partial charge in [0.1, 0.15) is 5.60 Å². The second-order valence-electron chi connectivity index (χ2n) is 7.51. The maximum atomic E-state index is 12.1. The molecule has 2 rings (SSSR count). The van der Waals surface area contributed by atoms with Crippen molar-refractivity contribution >= 4 is 23.4 Å². The molecule has 1 aromatic rings. The van der Waals surface area contributed by atoms with Gasteiger partial charge in [-0.3, -0.25) is 0 Å². The van der Waals surface area contributed by atoms with Crippen molar-refractivity contribution in [2.75, 3.05) is 25.0 Å². The van der Waals surface area contributed by atoms with E-state index in [4.69, 9.17) is 16.3 Å². The Hall–Kier alpha value is -1.46. The van der Waals surface area contributed by atoms with Gasteiger partial charge in [0.25, 0.3) is 0 Å². The average Bonchev–Trinajstić information content (AvgIpc) is 2.47. The number of benzene rings is 1. The molecule has 0 unspecified atom stereocenters. The topological polar surface area (TPSA) is 61.8 Å². The molecule has 1 aliphatic rings. The lowest BCUT2D eigenvalue weighted by atomic mass is 9.91. The number of aliphatic hydroxyl groups is 1. The molecule has 2 N–H and O–H groups in total. The molecule has 0 aliphatic carbocycles. The normalized spacial score (nSPS) is 17.5. The maximum Gasteiger partial charge on any atom is 0.410 e. The molecule has 0 spiro atoms. The van der Waals surface area contributed by atoms with Gasteiger partial charge in [-0.15, -0.1) is 0 Å². The summed E-state index contributed by atoms with van der Waals surface area (Å²) in [4.78, 5) is 13.7. The zero-order valence-corrected chi connectivity index (χ0v) is 15.6. The van der Waals surface area contributed by atoms with E-state index in [1.807, 2.05) is 45.9 Å². The SMILES string of the molecule is Cc1ccc(NCC2(O)CCN(C(=O)OC(C)(C)C)CC2)cc1Cl. The van der Waals surface area contributed by atoms with Crippen molar-refractivity contribution in [1.29, 1.82) is 0 Å².